The van der Waals surface area contributed by atoms with Crippen molar-refractivity contribution in [1.82, 2.24) is 5.32 Å². The number of carboxylic acid groups (broad SMARTS) is 4. The van der Waals surface area contributed by atoms with Crippen LogP contribution >= 0.6 is 0 Å². The number of carbonyl (C=O) groups excluding carboxylic acids is 1. The van der Waals surface area contributed by atoms with E-state index in [0.29, 0.717) is 33.4 Å². The van der Waals surface area contributed by atoms with Crippen molar-refractivity contribution in [1.29, 1.82) is 0 Å². The number of amides is 1. The van der Waals surface area contributed by atoms with Crippen LogP contribution in [0.1, 0.15) is 63.7 Å². The zero-order chi connectivity index (χ0) is 32.0. The molecule has 4 aromatic carbocycles. The molecular weight excluding hydrogens is 568 g/mol. The molecule has 0 aliphatic carbocycles. The molecule has 0 radical (unpaired) electrons. The summed E-state index contributed by atoms with van der Waals surface area (Å²) < 4.78 is 0. The highest BCUT2D eigenvalue weighted by Crippen LogP contribution is 2.37. The molecule has 0 aliphatic rings. The predicted molar refractivity (Wildman–Crippen MR) is 160 cm³/mol. The first-order valence-corrected chi connectivity index (χ1v) is 13.1. The number of rotatable bonds is 11. The molecule has 11 nitrogen and oxygen atoms in total. The largest absolute Gasteiger partial charge is 0.480 e. The molecule has 1 amide bonds. The van der Waals surface area contributed by atoms with Crippen molar-refractivity contribution in [3.8, 4) is 0 Å². The van der Waals surface area contributed by atoms with Crippen molar-refractivity contribution in [2.24, 2.45) is 5.73 Å². The van der Waals surface area contributed by atoms with Gasteiger partial charge in [-0.3, -0.25) is 9.59 Å². The van der Waals surface area contributed by atoms with Crippen LogP contribution in [0, 0.1) is 0 Å². The Balaban J connectivity index is 1.93. The Kier molecular flexibility index (Phi) is 9.32. The molecule has 0 fully saturated rings. The second kappa shape index (κ2) is 13.3. The lowest BCUT2D eigenvalue weighted by Crippen LogP contribution is -2.42. The highest BCUT2D eigenvalue weighted by atomic mass is 16.4. The average molecular weight is 595 g/mol. The van der Waals surface area contributed by atoms with Crippen molar-refractivity contribution in [3.05, 3.63) is 142 Å². The van der Waals surface area contributed by atoms with Crippen molar-refractivity contribution >= 4 is 40.9 Å². The number of hydrogen-bond acceptors (Lipinski definition) is 6. The maximum atomic E-state index is 12.7. The molecule has 222 valence electrons. The molecular formula is C33H26N2O9. The normalized spacial score (nSPS) is 11.2. The minimum atomic E-state index is -1.27. The van der Waals surface area contributed by atoms with E-state index in [1.165, 1.54) is 48.5 Å². The lowest BCUT2D eigenvalue weighted by atomic mass is 9.85. The third kappa shape index (κ3) is 7.04. The summed E-state index contributed by atoms with van der Waals surface area (Å²) in [4.78, 5) is 58.3. The average Bonchev–Trinajstić information content (AvgIpc) is 3.02. The monoisotopic (exact) mass is 594 g/mol. The van der Waals surface area contributed by atoms with Crippen LogP contribution in [0.25, 0.3) is 11.1 Å². The fourth-order valence-electron chi connectivity index (χ4n) is 4.43. The summed E-state index contributed by atoms with van der Waals surface area (Å²) in [5.41, 5.74) is 9.36. The fourth-order valence-corrected chi connectivity index (χ4v) is 4.43. The number of carboxylic acids is 4. The summed E-state index contributed by atoms with van der Waals surface area (Å²) >= 11 is 0. The van der Waals surface area contributed by atoms with Crippen molar-refractivity contribution in [2.75, 3.05) is 6.54 Å². The Hall–Kier alpha value is -6.07. The van der Waals surface area contributed by atoms with Crippen LogP contribution in [-0.2, 0) is 4.79 Å². The molecule has 0 aliphatic heterocycles. The number of aromatic carboxylic acids is 3. The molecule has 0 saturated heterocycles. The van der Waals surface area contributed by atoms with Crippen molar-refractivity contribution in [3.63, 3.8) is 0 Å². The van der Waals surface area contributed by atoms with Gasteiger partial charge in [0.15, 0.2) is 0 Å². The van der Waals surface area contributed by atoms with Crippen LogP contribution in [0.15, 0.2) is 97.1 Å². The molecule has 7 N–H and O–H groups in total. The Bertz CT molecular complexity index is 1700. The summed E-state index contributed by atoms with van der Waals surface area (Å²) in [7, 11) is 0. The fraction of sp³-hybridized carbons (Fsp3) is 0.0606. The number of hydrogen-bond donors (Lipinski definition) is 6. The molecule has 0 spiro atoms. The number of aliphatic carboxylic acids is 1. The number of nitrogens with two attached hydrogens (primary N) is 1. The summed E-state index contributed by atoms with van der Waals surface area (Å²) in [5, 5.41) is 39.8. The second-order valence-corrected chi connectivity index (χ2v) is 9.63. The quantitative estimate of drug-likeness (QED) is 0.138. The lowest BCUT2D eigenvalue weighted by Gasteiger charge is -2.19. The van der Waals surface area contributed by atoms with E-state index in [4.69, 9.17) is 10.8 Å². The van der Waals surface area contributed by atoms with E-state index >= 15 is 0 Å². The van der Waals surface area contributed by atoms with Crippen LogP contribution < -0.4 is 11.1 Å². The first kappa shape index (κ1) is 30.9. The molecule has 4 aromatic rings. The summed E-state index contributed by atoms with van der Waals surface area (Å²) in [6.45, 7) is -0.278. The Morgan fingerprint density at radius 2 is 0.727 bits per heavy atom. The molecule has 11 heteroatoms. The van der Waals surface area contributed by atoms with Gasteiger partial charge in [0.05, 0.1) is 16.7 Å². The highest BCUT2D eigenvalue weighted by Gasteiger charge is 2.19. The van der Waals surface area contributed by atoms with Gasteiger partial charge in [0.25, 0.3) is 5.91 Å². The third-order valence-electron chi connectivity index (χ3n) is 6.75. The van der Waals surface area contributed by atoms with Gasteiger partial charge >= 0.3 is 23.9 Å². The van der Waals surface area contributed by atoms with E-state index in [2.05, 4.69) is 5.32 Å². The van der Waals surface area contributed by atoms with E-state index in [1.54, 1.807) is 48.5 Å². The van der Waals surface area contributed by atoms with Crippen molar-refractivity contribution < 1.29 is 44.4 Å². The van der Waals surface area contributed by atoms with Crippen LogP contribution in [0.2, 0.25) is 0 Å². The first-order valence-electron chi connectivity index (χ1n) is 13.1. The molecule has 0 bridgehead atoms. The van der Waals surface area contributed by atoms with Gasteiger partial charge in [-0.15, -0.1) is 0 Å². The summed E-state index contributed by atoms with van der Waals surface area (Å²) in [5.74, 6) is -5.15. The standard InChI is InChI=1S/C33H26N2O9/c34-26(33(43)44)17-35-29(36)22-9-1-18(2-10-22)27(19-3-11-23(12-4-19)30(37)38)28(20-5-13-24(14-6-20)31(39)40)21-7-15-25(16-8-21)32(41)42/h1-16,26H,17,34H2,(H,35,36)(H,37,38)(H,39,40)(H,41,42)(H,43,44)/t26-/m0/s1. The van der Waals surface area contributed by atoms with E-state index in [-0.39, 0.29) is 28.8 Å². The summed E-state index contributed by atoms with van der Waals surface area (Å²) in [6.07, 6.45) is 0. The van der Waals surface area contributed by atoms with E-state index in [0.717, 1.165) is 0 Å². The number of nitrogens with one attached hydrogen (secondary N) is 1. The summed E-state index contributed by atoms with van der Waals surface area (Å²) in [6, 6.07) is 23.4. The van der Waals surface area contributed by atoms with E-state index in [1.807, 2.05) is 0 Å². The van der Waals surface area contributed by atoms with Crippen molar-refractivity contribution in [2.45, 2.75) is 6.04 Å². The third-order valence-corrected chi connectivity index (χ3v) is 6.75. The maximum Gasteiger partial charge on any atom is 0.335 e. The minimum Gasteiger partial charge on any atom is -0.480 e. The van der Waals surface area contributed by atoms with Gasteiger partial charge in [-0.2, -0.15) is 0 Å². The molecule has 0 unspecified atom stereocenters. The van der Waals surface area contributed by atoms with Gasteiger partial charge in [-0.05, 0) is 81.9 Å². The minimum absolute atomic E-state index is 0.0536. The van der Waals surface area contributed by atoms with E-state index in [9.17, 15) is 39.3 Å². The molecule has 1 atom stereocenters. The van der Waals surface area contributed by atoms with Gasteiger partial charge in [-0.25, -0.2) is 14.4 Å². The Morgan fingerprint density at radius 1 is 0.477 bits per heavy atom. The molecule has 0 aromatic heterocycles. The maximum absolute atomic E-state index is 12.7. The smallest absolute Gasteiger partial charge is 0.335 e. The Morgan fingerprint density at radius 3 is 0.977 bits per heavy atom. The van der Waals surface area contributed by atoms with E-state index < -0.39 is 35.8 Å². The van der Waals surface area contributed by atoms with Crippen LogP contribution in [0.4, 0.5) is 0 Å². The SMILES string of the molecule is N[C@@H](CNC(=O)c1ccc(C(=C(c2ccc(C(=O)O)cc2)c2ccc(C(=O)O)cc2)c2ccc(C(=O)O)cc2)cc1)C(=O)O. The van der Waals surface area contributed by atoms with Gasteiger partial charge in [-0.1, -0.05) is 48.5 Å². The molecule has 4 rings (SSSR count). The van der Waals surface area contributed by atoms with Gasteiger partial charge in [0.1, 0.15) is 6.04 Å². The topological polar surface area (TPSA) is 204 Å². The molecule has 0 saturated carbocycles. The number of benzene rings is 4. The van der Waals surface area contributed by atoms with Crippen LogP contribution in [0.3, 0.4) is 0 Å². The number of carbonyl (C=O) groups is 5. The molecule has 44 heavy (non-hydrogen) atoms. The highest BCUT2D eigenvalue weighted by molar-refractivity contribution is 6.06. The second-order valence-electron chi connectivity index (χ2n) is 9.63. The Labute approximate surface area is 250 Å². The zero-order valence-corrected chi connectivity index (χ0v) is 22.9. The van der Waals surface area contributed by atoms with Gasteiger partial charge in [0.2, 0.25) is 0 Å². The van der Waals surface area contributed by atoms with Crippen LogP contribution in [0.5, 0.6) is 0 Å². The van der Waals surface area contributed by atoms with Gasteiger partial charge in [0, 0.05) is 12.1 Å². The zero-order valence-electron chi connectivity index (χ0n) is 22.9. The van der Waals surface area contributed by atoms with Gasteiger partial charge < -0.3 is 31.5 Å². The first-order chi connectivity index (χ1) is 21.0. The molecule has 0 heterocycles. The lowest BCUT2D eigenvalue weighted by molar-refractivity contribution is -0.138. The predicted octanol–water partition coefficient (Wildman–Crippen LogP) is 3.93. The van der Waals surface area contributed by atoms with Crippen LogP contribution in [-0.4, -0.2) is 62.8 Å².